The van der Waals surface area contributed by atoms with Gasteiger partial charge in [0, 0.05) is 79.6 Å². The van der Waals surface area contributed by atoms with Crippen LogP contribution < -0.4 is 9.04 Å². The molecule has 3 aliphatic rings. The van der Waals surface area contributed by atoms with Crippen molar-refractivity contribution in [1.29, 1.82) is 0 Å². The van der Waals surface area contributed by atoms with E-state index in [4.69, 9.17) is 14.5 Å². The van der Waals surface area contributed by atoms with Crippen molar-refractivity contribution in [3.8, 4) is 5.75 Å². The molecule has 2 aliphatic heterocycles. The van der Waals surface area contributed by atoms with Crippen LogP contribution >= 0.6 is 35.5 Å². The van der Waals surface area contributed by atoms with Crippen LogP contribution in [0.25, 0.3) is 10.9 Å². The number of methoxy groups -OCH3 is 1. The maximum atomic E-state index is 6.12. The molecule has 1 aromatic carbocycles. The Kier molecular flexibility index (Phi) is 8.71. The molecule has 7 nitrogen and oxygen atoms in total. The minimum absolute atomic E-state index is 0.522. The number of aromatic nitrogens is 2. The highest BCUT2D eigenvalue weighted by Crippen LogP contribution is 2.41. The van der Waals surface area contributed by atoms with Gasteiger partial charge in [-0.3, -0.25) is 4.99 Å². The Morgan fingerprint density at radius 3 is 2.84 bits per heavy atom. The Bertz CT molecular complexity index is 1240. The first kappa shape index (κ1) is 26.4. The van der Waals surface area contributed by atoms with Crippen molar-refractivity contribution >= 4 is 57.1 Å². The predicted molar refractivity (Wildman–Crippen MR) is 162 cm³/mol. The van der Waals surface area contributed by atoms with E-state index in [9.17, 15) is 0 Å². The van der Waals surface area contributed by atoms with Gasteiger partial charge in [-0.1, -0.05) is 17.8 Å². The van der Waals surface area contributed by atoms with E-state index in [1.807, 2.05) is 30.1 Å². The second-order valence-electron chi connectivity index (χ2n) is 9.99. The minimum atomic E-state index is 0.522. The lowest BCUT2D eigenvalue weighted by Crippen LogP contribution is -2.37. The SMILES string of the molecule is COCCOc1cc(N(CC2CC2)Sc2ccccn2)c2[nH]c(C3=NCC(CN4CCSCC4)S3)cc2c1. The molecule has 3 aromatic rings. The standard InChI is InChI=1S/C28H35N5O2S3/c1-34-10-11-35-22-14-21-15-24(28-30-17-23(37-28)19-32-8-12-36-13-9-32)31-27(21)25(16-22)33(18-20-5-6-20)38-26-4-2-3-7-29-26/h2-4,7,14-16,20,23,31H,5-6,8-13,17-19H2,1H3. The van der Waals surface area contributed by atoms with Gasteiger partial charge in [-0.25, -0.2) is 4.98 Å². The fourth-order valence-electron chi connectivity index (χ4n) is 4.80. The topological polar surface area (TPSA) is 66.0 Å². The minimum Gasteiger partial charge on any atom is -0.491 e. The number of hydrogen-bond donors (Lipinski definition) is 1. The van der Waals surface area contributed by atoms with Gasteiger partial charge in [-0.15, -0.1) is 0 Å². The number of aromatic amines is 1. The van der Waals surface area contributed by atoms with Crippen LogP contribution in [-0.4, -0.2) is 89.7 Å². The highest BCUT2D eigenvalue weighted by molar-refractivity contribution is 8.15. The lowest BCUT2D eigenvalue weighted by Gasteiger charge is -2.28. The molecule has 202 valence electrons. The number of H-pyrrole nitrogens is 1. The number of nitrogens with one attached hydrogen (secondary N) is 1. The van der Waals surface area contributed by atoms with Gasteiger partial charge in [0.25, 0.3) is 0 Å². The second kappa shape index (κ2) is 12.6. The van der Waals surface area contributed by atoms with E-state index < -0.39 is 0 Å². The Labute approximate surface area is 237 Å². The second-order valence-corrected chi connectivity index (χ2v) is 13.5. The third kappa shape index (κ3) is 6.65. The van der Waals surface area contributed by atoms with Crippen LogP contribution in [0, 0.1) is 5.92 Å². The van der Waals surface area contributed by atoms with Crippen LogP contribution in [0.1, 0.15) is 18.5 Å². The van der Waals surface area contributed by atoms with E-state index in [-0.39, 0.29) is 0 Å². The molecule has 1 atom stereocenters. The van der Waals surface area contributed by atoms with Gasteiger partial charge in [0.1, 0.15) is 22.4 Å². The molecule has 0 bridgehead atoms. The molecule has 0 amide bonds. The first-order chi connectivity index (χ1) is 18.7. The van der Waals surface area contributed by atoms with Gasteiger partial charge in [0.15, 0.2) is 0 Å². The molecule has 10 heteroatoms. The third-order valence-electron chi connectivity index (χ3n) is 6.98. The van der Waals surface area contributed by atoms with Gasteiger partial charge in [-0.05, 0) is 43.0 Å². The van der Waals surface area contributed by atoms with E-state index in [1.54, 1.807) is 19.1 Å². The van der Waals surface area contributed by atoms with Crippen molar-refractivity contribution in [1.82, 2.24) is 14.9 Å². The summed E-state index contributed by atoms with van der Waals surface area (Å²) in [4.78, 5) is 15.9. The molecule has 4 heterocycles. The maximum Gasteiger partial charge on any atom is 0.122 e. The maximum absolute atomic E-state index is 6.12. The molecular weight excluding hydrogens is 535 g/mol. The van der Waals surface area contributed by atoms with Crippen molar-refractivity contribution in [3.05, 3.63) is 48.3 Å². The molecular formula is C28H35N5O2S3. The summed E-state index contributed by atoms with van der Waals surface area (Å²) in [6.45, 7) is 6.47. The summed E-state index contributed by atoms with van der Waals surface area (Å²) in [7, 11) is 1.70. The normalized spacial score (nSPS) is 20.1. The van der Waals surface area contributed by atoms with Crippen LogP contribution in [0.15, 0.2) is 52.6 Å². The smallest absolute Gasteiger partial charge is 0.122 e. The predicted octanol–water partition coefficient (Wildman–Crippen LogP) is 5.42. The number of benzene rings is 1. The Hall–Kier alpha value is -1.85. The molecule has 1 aliphatic carbocycles. The van der Waals surface area contributed by atoms with Gasteiger partial charge in [0.2, 0.25) is 0 Å². The average molecular weight is 570 g/mol. The van der Waals surface area contributed by atoms with Gasteiger partial charge in [0.05, 0.1) is 30.0 Å². The number of rotatable bonds is 12. The Balaban J connectivity index is 1.28. The summed E-state index contributed by atoms with van der Waals surface area (Å²) in [6, 6.07) is 12.6. The van der Waals surface area contributed by atoms with Gasteiger partial charge < -0.3 is 23.7 Å². The number of ether oxygens (including phenoxy) is 2. The molecule has 2 aromatic heterocycles. The quantitative estimate of drug-likeness (QED) is 0.229. The number of pyridine rings is 1. The summed E-state index contributed by atoms with van der Waals surface area (Å²) >= 11 is 5.69. The zero-order chi connectivity index (χ0) is 25.7. The Morgan fingerprint density at radius 2 is 2.05 bits per heavy atom. The van der Waals surface area contributed by atoms with E-state index in [0.717, 1.165) is 63.7 Å². The van der Waals surface area contributed by atoms with E-state index in [2.05, 4.69) is 55.2 Å². The molecule has 1 unspecified atom stereocenters. The molecule has 1 saturated heterocycles. The summed E-state index contributed by atoms with van der Waals surface area (Å²) in [5.74, 6) is 4.08. The highest BCUT2D eigenvalue weighted by Gasteiger charge is 2.29. The molecule has 0 radical (unpaired) electrons. The van der Waals surface area contributed by atoms with Crippen LogP contribution in [-0.2, 0) is 4.74 Å². The molecule has 2 fully saturated rings. The third-order valence-corrected chi connectivity index (χ3v) is 10.1. The van der Waals surface area contributed by atoms with Gasteiger partial charge in [-0.2, -0.15) is 11.8 Å². The molecule has 1 N–H and O–H groups in total. The van der Waals surface area contributed by atoms with Crippen molar-refractivity contribution < 1.29 is 9.47 Å². The molecule has 1 saturated carbocycles. The van der Waals surface area contributed by atoms with E-state index in [1.165, 1.54) is 37.4 Å². The van der Waals surface area contributed by atoms with Crippen LogP contribution in [0.2, 0.25) is 0 Å². The van der Waals surface area contributed by atoms with E-state index >= 15 is 0 Å². The fraction of sp³-hybridized carbons (Fsp3) is 0.500. The summed E-state index contributed by atoms with van der Waals surface area (Å²) < 4.78 is 13.7. The largest absolute Gasteiger partial charge is 0.491 e. The fourth-order valence-corrected chi connectivity index (χ4v) is 7.92. The lowest BCUT2D eigenvalue weighted by atomic mass is 10.2. The van der Waals surface area contributed by atoms with Crippen molar-refractivity contribution in [2.75, 3.05) is 68.9 Å². The van der Waals surface area contributed by atoms with Crippen LogP contribution in [0.3, 0.4) is 0 Å². The molecule has 0 spiro atoms. The number of anilines is 1. The monoisotopic (exact) mass is 569 g/mol. The summed E-state index contributed by atoms with van der Waals surface area (Å²) in [5.41, 5.74) is 3.36. The number of aliphatic imine (C=N–C) groups is 1. The molecule has 6 rings (SSSR count). The van der Waals surface area contributed by atoms with Crippen LogP contribution in [0.4, 0.5) is 5.69 Å². The van der Waals surface area contributed by atoms with Crippen molar-refractivity contribution in [2.24, 2.45) is 10.9 Å². The number of hydrogen-bond acceptors (Lipinski definition) is 9. The molecule has 38 heavy (non-hydrogen) atoms. The average Bonchev–Trinajstić information content (AvgIpc) is 3.46. The number of fused-ring (bicyclic) bond motifs is 1. The highest BCUT2D eigenvalue weighted by atomic mass is 32.2. The van der Waals surface area contributed by atoms with E-state index in [0.29, 0.717) is 18.5 Å². The first-order valence-electron chi connectivity index (χ1n) is 13.4. The number of nitrogens with zero attached hydrogens (tertiary/aromatic N) is 4. The summed E-state index contributed by atoms with van der Waals surface area (Å²) in [6.07, 6.45) is 4.43. The lowest BCUT2D eigenvalue weighted by molar-refractivity contribution is 0.146. The zero-order valence-electron chi connectivity index (χ0n) is 21.8. The van der Waals surface area contributed by atoms with Crippen molar-refractivity contribution in [2.45, 2.75) is 23.1 Å². The zero-order valence-corrected chi connectivity index (χ0v) is 24.3. The van der Waals surface area contributed by atoms with Crippen molar-refractivity contribution in [3.63, 3.8) is 0 Å². The Morgan fingerprint density at radius 1 is 1.16 bits per heavy atom. The number of thioether (sulfide) groups is 2. The first-order valence-corrected chi connectivity index (χ1v) is 16.2. The summed E-state index contributed by atoms with van der Waals surface area (Å²) in [5, 5.41) is 3.79. The van der Waals surface area contributed by atoms with Gasteiger partial charge >= 0.3 is 0 Å². The van der Waals surface area contributed by atoms with Crippen LogP contribution in [0.5, 0.6) is 5.75 Å².